The van der Waals surface area contributed by atoms with Crippen LogP contribution in [0.4, 0.5) is 4.39 Å². The van der Waals surface area contributed by atoms with Crippen LogP contribution in [0, 0.1) is 19.7 Å². The first-order valence-corrected chi connectivity index (χ1v) is 9.05. The number of carbonyl (C=O) groups excluding carboxylic acids is 1. The van der Waals surface area contributed by atoms with E-state index >= 15 is 0 Å². The average molecular weight is 396 g/mol. The number of halogens is 2. The lowest BCUT2D eigenvalue weighted by molar-refractivity contribution is -0.120. The Morgan fingerprint density at radius 3 is 2.56 bits per heavy atom. The Kier molecular flexibility index (Phi) is 7.77. The number of nitrogens with zero attached hydrogens (tertiary/aromatic N) is 3. The van der Waals surface area contributed by atoms with Crippen molar-refractivity contribution in [1.82, 2.24) is 25.3 Å². The lowest BCUT2D eigenvalue weighted by Gasteiger charge is -2.27. The molecule has 2 heterocycles. The minimum Gasteiger partial charge on any atom is -0.355 e. The van der Waals surface area contributed by atoms with Crippen LogP contribution in [0.3, 0.4) is 0 Å². The first-order chi connectivity index (χ1) is 12.5. The Bertz CT molecular complexity index is 756. The number of piperazine rings is 1. The van der Waals surface area contributed by atoms with Gasteiger partial charge in [0.1, 0.15) is 5.82 Å². The molecule has 2 N–H and O–H groups in total. The lowest BCUT2D eigenvalue weighted by Crippen LogP contribution is -2.46. The first-order valence-electron chi connectivity index (χ1n) is 9.05. The number of carbonyl (C=O) groups is 1. The van der Waals surface area contributed by atoms with Gasteiger partial charge in [0.25, 0.3) is 0 Å². The van der Waals surface area contributed by atoms with E-state index in [0.717, 1.165) is 55.4 Å². The van der Waals surface area contributed by atoms with Gasteiger partial charge in [0.2, 0.25) is 5.91 Å². The zero-order chi connectivity index (χ0) is 18.5. The molecule has 0 unspecified atom stereocenters. The van der Waals surface area contributed by atoms with Gasteiger partial charge in [-0.05, 0) is 38.1 Å². The summed E-state index contributed by atoms with van der Waals surface area (Å²) in [6.07, 6.45) is 0.306. The Morgan fingerprint density at radius 2 is 1.89 bits per heavy atom. The molecule has 1 aliphatic heterocycles. The van der Waals surface area contributed by atoms with E-state index in [1.165, 1.54) is 12.1 Å². The van der Waals surface area contributed by atoms with E-state index in [1.807, 2.05) is 13.8 Å². The van der Waals surface area contributed by atoms with Gasteiger partial charge < -0.3 is 10.6 Å². The fourth-order valence-corrected chi connectivity index (χ4v) is 3.28. The summed E-state index contributed by atoms with van der Waals surface area (Å²) < 4.78 is 14.9. The van der Waals surface area contributed by atoms with Crippen LogP contribution in [0.2, 0.25) is 0 Å². The third-order valence-electron chi connectivity index (χ3n) is 4.81. The van der Waals surface area contributed by atoms with Gasteiger partial charge in [-0.15, -0.1) is 12.4 Å². The van der Waals surface area contributed by atoms with E-state index in [2.05, 4.69) is 20.6 Å². The van der Waals surface area contributed by atoms with Crippen LogP contribution in [0.25, 0.3) is 5.69 Å². The highest BCUT2D eigenvalue weighted by Crippen LogP contribution is 2.18. The number of nitrogens with one attached hydrogen (secondary N) is 2. The maximum atomic E-state index is 13.1. The van der Waals surface area contributed by atoms with Crippen LogP contribution in [0.15, 0.2) is 24.3 Å². The van der Waals surface area contributed by atoms with E-state index in [9.17, 15) is 9.18 Å². The standard InChI is InChI=1S/C19H26FN5O.ClH/c1-14-18(13-19(26)22-9-12-24-10-7-21-8-11-24)15(2)25(23-14)17-5-3-16(20)4-6-17;/h3-6,21H,7-13H2,1-2H3,(H,22,26);1H. The van der Waals surface area contributed by atoms with Crippen LogP contribution in [0.5, 0.6) is 0 Å². The molecule has 0 aliphatic carbocycles. The van der Waals surface area contributed by atoms with Gasteiger partial charge in [0.15, 0.2) is 0 Å². The van der Waals surface area contributed by atoms with Gasteiger partial charge in [-0.2, -0.15) is 5.10 Å². The molecule has 8 heteroatoms. The first kappa shape index (κ1) is 21.3. The molecule has 6 nitrogen and oxygen atoms in total. The molecular weight excluding hydrogens is 369 g/mol. The third-order valence-corrected chi connectivity index (χ3v) is 4.81. The Hall–Kier alpha value is -1.96. The number of amides is 1. The van der Waals surface area contributed by atoms with Crippen molar-refractivity contribution >= 4 is 18.3 Å². The van der Waals surface area contributed by atoms with Crippen molar-refractivity contribution in [1.29, 1.82) is 0 Å². The summed E-state index contributed by atoms with van der Waals surface area (Å²) >= 11 is 0. The second kappa shape index (κ2) is 9.82. The molecule has 0 atom stereocenters. The summed E-state index contributed by atoms with van der Waals surface area (Å²) in [5.74, 6) is -0.274. The minimum atomic E-state index is -0.278. The quantitative estimate of drug-likeness (QED) is 0.780. The van der Waals surface area contributed by atoms with Gasteiger partial charge in [0, 0.05) is 50.5 Å². The van der Waals surface area contributed by atoms with Gasteiger partial charge in [-0.3, -0.25) is 9.69 Å². The monoisotopic (exact) mass is 395 g/mol. The highest BCUT2D eigenvalue weighted by Gasteiger charge is 2.16. The lowest BCUT2D eigenvalue weighted by atomic mass is 10.1. The molecule has 3 rings (SSSR count). The van der Waals surface area contributed by atoms with Crippen LogP contribution in [0.1, 0.15) is 17.0 Å². The average Bonchev–Trinajstić information content (AvgIpc) is 2.91. The largest absolute Gasteiger partial charge is 0.355 e. The SMILES string of the molecule is Cc1nn(-c2ccc(F)cc2)c(C)c1CC(=O)NCCN1CCNCC1.Cl. The molecule has 1 saturated heterocycles. The van der Waals surface area contributed by atoms with Crippen molar-refractivity contribution in [3.63, 3.8) is 0 Å². The summed E-state index contributed by atoms with van der Waals surface area (Å²) in [4.78, 5) is 14.7. The minimum absolute atomic E-state index is 0. The van der Waals surface area contributed by atoms with E-state index in [4.69, 9.17) is 0 Å². The molecule has 1 amide bonds. The molecule has 0 saturated carbocycles. The van der Waals surface area contributed by atoms with Crippen LogP contribution >= 0.6 is 12.4 Å². The fraction of sp³-hybridized carbons (Fsp3) is 0.474. The molecular formula is C19H27ClFN5O. The summed E-state index contributed by atoms with van der Waals surface area (Å²) in [6.45, 7) is 9.44. The van der Waals surface area contributed by atoms with Crippen LogP contribution < -0.4 is 10.6 Å². The van der Waals surface area contributed by atoms with Crippen molar-refractivity contribution in [3.8, 4) is 5.69 Å². The van der Waals surface area contributed by atoms with Gasteiger partial charge in [-0.1, -0.05) is 0 Å². The number of aryl methyl sites for hydroxylation is 1. The molecule has 0 bridgehead atoms. The summed E-state index contributed by atoms with van der Waals surface area (Å²) in [6, 6.07) is 6.20. The second-order valence-corrected chi connectivity index (χ2v) is 6.66. The van der Waals surface area contributed by atoms with E-state index in [-0.39, 0.29) is 24.1 Å². The van der Waals surface area contributed by atoms with Crippen molar-refractivity contribution in [2.45, 2.75) is 20.3 Å². The number of rotatable bonds is 6. The smallest absolute Gasteiger partial charge is 0.224 e. The zero-order valence-electron chi connectivity index (χ0n) is 15.8. The Balaban J connectivity index is 0.00000261. The predicted molar refractivity (Wildman–Crippen MR) is 106 cm³/mol. The molecule has 2 aromatic rings. The van der Waals surface area contributed by atoms with E-state index in [1.54, 1.807) is 16.8 Å². The van der Waals surface area contributed by atoms with Crippen LogP contribution in [-0.2, 0) is 11.2 Å². The number of hydrogen-bond acceptors (Lipinski definition) is 4. The zero-order valence-corrected chi connectivity index (χ0v) is 16.6. The Morgan fingerprint density at radius 1 is 1.22 bits per heavy atom. The van der Waals surface area contributed by atoms with Crippen molar-refractivity contribution in [2.24, 2.45) is 0 Å². The molecule has 1 aromatic heterocycles. The van der Waals surface area contributed by atoms with E-state index in [0.29, 0.717) is 13.0 Å². The Labute approximate surface area is 165 Å². The molecule has 27 heavy (non-hydrogen) atoms. The normalized spacial score (nSPS) is 14.6. The summed E-state index contributed by atoms with van der Waals surface area (Å²) in [5.41, 5.74) is 3.45. The maximum absolute atomic E-state index is 13.1. The summed E-state index contributed by atoms with van der Waals surface area (Å²) in [5, 5.41) is 10.8. The molecule has 1 fully saturated rings. The second-order valence-electron chi connectivity index (χ2n) is 6.66. The number of aromatic nitrogens is 2. The van der Waals surface area contributed by atoms with E-state index < -0.39 is 0 Å². The maximum Gasteiger partial charge on any atom is 0.224 e. The van der Waals surface area contributed by atoms with Gasteiger partial charge >= 0.3 is 0 Å². The predicted octanol–water partition coefficient (Wildman–Crippen LogP) is 1.61. The van der Waals surface area contributed by atoms with Crippen LogP contribution in [-0.4, -0.2) is 59.9 Å². The van der Waals surface area contributed by atoms with Crippen molar-refractivity contribution in [2.75, 3.05) is 39.3 Å². The fourth-order valence-electron chi connectivity index (χ4n) is 3.28. The molecule has 0 radical (unpaired) electrons. The highest BCUT2D eigenvalue weighted by atomic mass is 35.5. The highest BCUT2D eigenvalue weighted by molar-refractivity contribution is 5.85. The number of benzene rings is 1. The van der Waals surface area contributed by atoms with Crippen molar-refractivity contribution in [3.05, 3.63) is 47.0 Å². The molecule has 148 valence electrons. The van der Waals surface area contributed by atoms with Gasteiger partial charge in [0.05, 0.1) is 17.8 Å². The topological polar surface area (TPSA) is 62.2 Å². The van der Waals surface area contributed by atoms with Gasteiger partial charge in [-0.25, -0.2) is 9.07 Å². The molecule has 1 aromatic carbocycles. The third kappa shape index (κ3) is 5.51. The number of hydrogen-bond donors (Lipinski definition) is 2. The molecule has 1 aliphatic rings. The summed E-state index contributed by atoms with van der Waals surface area (Å²) in [7, 11) is 0. The molecule has 0 spiro atoms. The van der Waals surface area contributed by atoms with Crippen molar-refractivity contribution < 1.29 is 9.18 Å².